The molecule has 0 unspecified atom stereocenters. The molecule has 2 amide bonds. The number of hydrogen-bond acceptors (Lipinski definition) is 6. The van der Waals surface area contributed by atoms with Gasteiger partial charge < -0.3 is 14.7 Å². The summed E-state index contributed by atoms with van der Waals surface area (Å²) in [7, 11) is -1.39. The van der Waals surface area contributed by atoms with E-state index in [9.17, 15) is 18.0 Å². The second kappa shape index (κ2) is 16.5. The van der Waals surface area contributed by atoms with Gasteiger partial charge in [-0.1, -0.05) is 13.8 Å². The fourth-order valence-corrected chi connectivity index (χ4v) is 5.65. The van der Waals surface area contributed by atoms with Crippen LogP contribution in [0.1, 0.15) is 49.3 Å². The van der Waals surface area contributed by atoms with Gasteiger partial charge in [-0.25, -0.2) is 13.1 Å². The van der Waals surface area contributed by atoms with Crippen molar-refractivity contribution >= 4 is 39.3 Å². The van der Waals surface area contributed by atoms with Gasteiger partial charge in [-0.3, -0.25) is 9.59 Å². The molecule has 0 aliphatic carbocycles. The molecule has 36 heavy (non-hydrogen) atoms. The van der Waals surface area contributed by atoms with E-state index in [0.717, 1.165) is 22.6 Å². The molecule has 1 atom stereocenters. The molecule has 3 rings (SSSR count). The number of sulfonamides is 1. The number of carbonyl (C=O) groups excluding carboxylic acids is 2. The summed E-state index contributed by atoms with van der Waals surface area (Å²) in [5, 5.41) is 1.17. The highest BCUT2D eigenvalue weighted by Crippen LogP contribution is 2.19. The topological polar surface area (TPSA) is 90.0 Å². The van der Waals surface area contributed by atoms with Gasteiger partial charge in [-0.05, 0) is 76.9 Å². The Balaban J connectivity index is 0.000000623. The first-order chi connectivity index (χ1) is 17.1. The van der Waals surface area contributed by atoms with E-state index in [1.807, 2.05) is 19.1 Å². The van der Waals surface area contributed by atoms with Gasteiger partial charge in [0.2, 0.25) is 10.0 Å². The molecule has 202 valence electrons. The lowest BCUT2D eigenvalue weighted by Gasteiger charge is -2.20. The molecule has 0 bridgehead atoms. The zero-order valence-electron chi connectivity index (χ0n) is 22.1. The van der Waals surface area contributed by atoms with Crippen LogP contribution in [-0.2, 0) is 19.6 Å². The molecule has 1 aromatic rings. The summed E-state index contributed by atoms with van der Waals surface area (Å²) in [6.07, 6.45) is 13.4. The summed E-state index contributed by atoms with van der Waals surface area (Å²) < 4.78 is 26.8. The maximum Gasteiger partial charge on any atom is 0.312 e. The zero-order valence-corrected chi connectivity index (χ0v) is 23.7. The van der Waals surface area contributed by atoms with Gasteiger partial charge in [-0.15, -0.1) is 24.2 Å². The fraction of sp³-hybridized carbons (Fsp3) is 0.615. The third-order valence-corrected chi connectivity index (χ3v) is 8.07. The minimum atomic E-state index is -3.53. The molecular weight excluding hydrogens is 496 g/mol. The number of nitrogens with one attached hydrogen (secondary N) is 1. The van der Waals surface area contributed by atoms with Crippen LogP contribution in [0.2, 0.25) is 0 Å². The van der Waals surface area contributed by atoms with E-state index < -0.39 is 21.8 Å². The van der Waals surface area contributed by atoms with Gasteiger partial charge in [0.05, 0.1) is 0 Å². The maximum atomic E-state index is 12.3. The van der Waals surface area contributed by atoms with Crippen LogP contribution < -0.4 is 4.72 Å². The van der Waals surface area contributed by atoms with Crippen molar-refractivity contribution in [1.82, 2.24) is 19.4 Å². The second-order valence-corrected chi connectivity index (χ2v) is 11.9. The van der Waals surface area contributed by atoms with Gasteiger partial charge in [0.25, 0.3) is 0 Å². The lowest BCUT2D eigenvalue weighted by molar-refractivity contribution is -0.150. The number of hydrogen-bond donors (Lipinski definition) is 1. The Morgan fingerprint density at radius 2 is 1.78 bits per heavy atom. The van der Waals surface area contributed by atoms with Crippen molar-refractivity contribution < 1.29 is 18.0 Å². The monoisotopic (exact) mass is 538 g/mol. The van der Waals surface area contributed by atoms with E-state index in [1.165, 1.54) is 36.3 Å². The van der Waals surface area contributed by atoms with E-state index >= 15 is 0 Å². The van der Waals surface area contributed by atoms with Gasteiger partial charge in [0.15, 0.2) is 0 Å². The number of thiophene rings is 1. The Kier molecular flexibility index (Phi) is 14.6. The number of nitrogens with zero attached hydrogens (tertiary/aromatic N) is 3. The van der Waals surface area contributed by atoms with Crippen LogP contribution in [0.25, 0.3) is 6.08 Å². The van der Waals surface area contributed by atoms with Crippen molar-refractivity contribution in [3.05, 3.63) is 27.3 Å². The van der Waals surface area contributed by atoms with E-state index in [1.54, 1.807) is 15.9 Å². The van der Waals surface area contributed by atoms with Crippen molar-refractivity contribution in [1.29, 1.82) is 0 Å². The fourth-order valence-electron chi connectivity index (χ4n) is 3.90. The Labute approximate surface area is 221 Å². The van der Waals surface area contributed by atoms with Crippen LogP contribution in [0.15, 0.2) is 17.5 Å². The van der Waals surface area contributed by atoms with Gasteiger partial charge >= 0.3 is 11.8 Å². The van der Waals surface area contributed by atoms with Crippen molar-refractivity contribution in [2.24, 2.45) is 5.92 Å². The lowest BCUT2D eigenvalue weighted by atomic mass is 10.1. The van der Waals surface area contributed by atoms with Crippen LogP contribution in [-0.4, -0.2) is 87.8 Å². The summed E-state index contributed by atoms with van der Waals surface area (Å²) in [5.74, 6) is -0.870. The van der Waals surface area contributed by atoms with E-state index in [2.05, 4.69) is 43.4 Å². The van der Waals surface area contributed by atoms with Crippen molar-refractivity contribution in [2.75, 3.05) is 52.9 Å². The standard InChI is InChI=1S/C18H25N3O4S2.C6H15N.C2H2/c1-14-4-5-16(26-14)7-11-27(24,25)19-12-15-6-10-21(13-15)18(23)17(22)20-8-2-3-9-20;1-4-6-7(3)5-2;1-2/h4-5,7,11,15,19H,2-3,6,8-10,12-13H2,1H3;4-6H2,1-3H3;1-2H/b11-7+;;/t15-;;/m1../s1. The van der Waals surface area contributed by atoms with Crippen LogP contribution >= 0.6 is 11.3 Å². The van der Waals surface area contributed by atoms with Crippen LogP contribution in [0, 0.1) is 25.7 Å². The number of aryl methyl sites for hydroxylation is 1. The Morgan fingerprint density at radius 3 is 2.31 bits per heavy atom. The molecule has 2 fully saturated rings. The first kappa shape index (κ1) is 31.8. The highest BCUT2D eigenvalue weighted by atomic mass is 32.2. The van der Waals surface area contributed by atoms with Crippen LogP contribution in [0.5, 0.6) is 0 Å². The SMILES string of the molecule is C#C.CCCN(C)CC.Cc1ccc(/C=C/S(=O)(=O)NC[C@H]2CCN(C(=O)C(=O)N3CCCC3)C2)s1. The van der Waals surface area contributed by atoms with E-state index in [0.29, 0.717) is 32.6 Å². The third kappa shape index (κ3) is 11.2. The lowest BCUT2D eigenvalue weighted by Crippen LogP contribution is -2.43. The quantitative estimate of drug-likeness (QED) is 0.406. The van der Waals surface area contributed by atoms with Crippen molar-refractivity contribution in [3.63, 3.8) is 0 Å². The summed E-state index contributed by atoms with van der Waals surface area (Å²) in [4.78, 5) is 32.0. The number of rotatable bonds is 8. The van der Waals surface area contributed by atoms with Gasteiger partial charge in [-0.2, -0.15) is 0 Å². The highest BCUT2D eigenvalue weighted by Gasteiger charge is 2.33. The molecule has 0 spiro atoms. The Bertz CT molecular complexity index is 966. The normalized spacial score (nSPS) is 17.6. The van der Waals surface area contributed by atoms with E-state index in [-0.39, 0.29) is 12.5 Å². The average Bonchev–Trinajstić information content (AvgIpc) is 3.65. The van der Waals surface area contributed by atoms with Crippen molar-refractivity contribution in [2.45, 2.75) is 46.5 Å². The molecule has 0 aromatic carbocycles. The molecule has 2 aliphatic rings. The minimum absolute atomic E-state index is 0.0208. The van der Waals surface area contributed by atoms with Gasteiger partial charge in [0.1, 0.15) is 0 Å². The Morgan fingerprint density at radius 1 is 1.14 bits per heavy atom. The first-order valence-corrected chi connectivity index (χ1v) is 14.9. The number of likely N-dealkylation sites (tertiary alicyclic amines) is 2. The first-order valence-electron chi connectivity index (χ1n) is 12.5. The molecule has 1 N–H and O–H groups in total. The molecule has 3 heterocycles. The highest BCUT2D eigenvalue weighted by molar-refractivity contribution is 7.92. The summed E-state index contributed by atoms with van der Waals surface area (Å²) in [6.45, 7) is 11.2. The minimum Gasteiger partial charge on any atom is -0.334 e. The molecular formula is C26H42N4O4S2. The number of amides is 2. The summed E-state index contributed by atoms with van der Waals surface area (Å²) in [5.41, 5.74) is 0. The largest absolute Gasteiger partial charge is 0.334 e. The predicted octanol–water partition coefficient (Wildman–Crippen LogP) is 3.02. The van der Waals surface area contributed by atoms with Gasteiger partial charge in [0, 0.05) is 47.9 Å². The van der Waals surface area contributed by atoms with Crippen LogP contribution in [0.3, 0.4) is 0 Å². The van der Waals surface area contributed by atoms with Crippen LogP contribution in [0.4, 0.5) is 0 Å². The predicted molar refractivity (Wildman–Crippen MR) is 149 cm³/mol. The molecule has 2 saturated heterocycles. The molecule has 8 nitrogen and oxygen atoms in total. The van der Waals surface area contributed by atoms with E-state index in [4.69, 9.17) is 0 Å². The molecule has 10 heteroatoms. The molecule has 1 aromatic heterocycles. The number of carbonyl (C=O) groups is 2. The third-order valence-electron chi connectivity index (χ3n) is 6.04. The maximum absolute atomic E-state index is 12.3. The second-order valence-electron chi connectivity index (χ2n) is 8.95. The van der Waals surface area contributed by atoms with Crippen molar-refractivity contribution in [3.8, 4) is 12.8 Å². The summed E-state index contributed by atoms with van der Waals surface area (Å²) in [6, 6.07) is 3.82. The average molecular weight is 539 g/mol. The zero-order chi connectivity index (χ0) is 27.1. The molecule has 2 aliphatic heterocycles. The number of terminal acetylenes is 1. The summed E-state index contributed by atoms with van der Waals surface area (Å²) >= 11 is 1.53. The Hall–Kier alpha value is -2.19. The molecule has 0 radical (unpaired) electrons. The molecule has 0 saturated carbocycles. The smallest absolute Gasteiger partial charge is 0.312 e.